The van der Waals surface area contributed by atoms with E-state index >= 15 is 0 Å². The van der Waals surface area contributed by atoms with Gasteiger partial charge in [-0.2, -0.15) is 0 Å². The van der Waals surface area contributed by atoms with Crippen LogP contribution in [-0.4, -0.2) is 5.78 Å². The molecule has 106 valence electrons. The van der Waals surface area contributed by atoms with Gasteiger partial charge in [0.05, 0.1) is 0 Å². The maximum Gasteiger partial charge on any atom is 0.152 e. The van der Waals surface area contributed by atoms with E-state index < -0.39 is 0 Å². The van der Waals surface area contributed by atoms with Crippen molar-refractivity contribution in [1.29, 1.82) is 0 Å². The molecule has 2 aromatic rings. The molecular formula is C20H20O. The van der Waals surface area contributed by atoms with Gasteiger partial charge in [-0.3, -0.25) is 4.79 Å². The summed E-state index contributed by atoms with van der Waals surface area (Å²) in [6.45, 7) is 1.60. The van der Waals surface area contributed by atoms with Crippen LogP contribution >= 0.6 is 0 Å². The van der Waals surface area contributed by atoms with Crippen LogP contribution in [0.3, 0.4) is 0 Å². The lowest BCUT2D eigenvalue weighted by atomic mass is 9.93. The van der Waals surface area contributed by atoms with Crippen molar-refractivity contribution < 1.29 is 4.79 Å². The summed E-state index contributed by atoms with van der Waals surface area (Å²) < 4.78 is 0. The second-order valence-electron chi connectivity index (χ2n) is 5.79. The van der Waals surface area contributed by atoms with Crippen LogP contribution in [-0.2, 0) is 30.5 Å². The van der Waals surface area contributed by atoms with Crippen LogP contribution in [0.2, 0.25) is 0 Å². The van der Waals surface area contributed by atoms with Crippen LogP contribution in [0.5, 0.6) is 0 Å². The van der Waals surface area contributed by atoms with Gasteiger partial charge in [-0.15, -0.1) is 0 Å². The third kappa shape index (κ3) is 3.49. The molecule has 0 aromatic heterocycles. The SMILES string of the molecule is CC(=O)/C=C/c1cc2ccc1CCc1ccc(cc1)CC2. The molecule has 0 unspecified atom stereocenters. The van der Waals surface area contributed by atoms with E-state index in [0.29, 0.717) is 0 Å². The summed E-state index contributed by atoms with van der Waals surface area (Å²) in [5.41, 5.74) is 6.62. The molecule has 1 nitrogen and oxygen atoms in total. The Kier molecular flexibility index (Phi) is 4.01. The molecule has 0 amide bonds. The first-order valence-electron chi connectivity index (χ1n) is 7.59. The van der Waals surface area contributed by atoms with Crippen LogP contribution in [0.1, 0.15) is 34.7 Å². The molecule has 0 saturated heterocycles. The van der Waals surface area contributed by atoms with Gasteiger partial charge in [0.1, 0.15) is 0 Å². The van der Waals surface area contributed by atoms with E-state index in [1.165, 1.54) is 27.8 Å². The lowest BCUT2D eigenvalue weighted by molar-refractivity contribution is -0.112. The fourth-order valence-corrected chi connectivity index (χ4v) is 2.83. The molecule has 0 N–H and O–H groups in total. The van der Waals surface area contributed by atoms with Gasteiger partial charge >= 0.3 is 0 Å². The van der Waals surface area contributed by atoms with Gasteiger partial charge in [-0.1, -0.05) is 48.5 Å². The minimum Gasteiger partial charge on any atom is -0.295 e. The molecule has 0 aliphatic heterocycles. The Bertz CT molecular complexity index is 677. The maximum atomic E-state index is 11.2. The first-order valence-corrected chi connectivity index (χ1v) is 7.59. The number of carbonyl (C=O) groups is 1. The quantitative estimate of drug-likeness (QED) is 0.752. The van der Waals surface area contributed by atoms with Crippen LogP contribution in [0, 0.1) is 0 Å². The predicted octanol–water partition coefficient (Wildman–Crippen LogP) is 4.17. The third-order valence-electron chi connectivity index (χ3n) is 4.12. The van der Waals surface area contributed by atoms with Gasteiger partial charge in [0.25, 0.3) is 0 Å². The second kappa shape index (κ2) is 6.09. The number of hydrogen-bond acceptors (Lipinski definition) is 1. The first-order chi connectivity index (χ1) is 10.2. The van der Waals surface area contributed by atoms with E-state index in [4.69, 9.17) is 0 Å². The Labute approximate surface area is 126 Å². The number of benzene rings is 2. The van der Waals surface area contributed by atoms with Gasteiger partial charge in [-0.25, -0.2) is 0 Å². The molecule has 0 saturated carbocycles. The van der Waals surface area contributed by atoms with Gasteiger partial charge in [0, 0.05) is 0 Å². The van der Waals surface area contributed by atoms with Gasteiger partial charge in [0.15, 0.2) is 5.78 Å². The summed E-state index contributed by atoms with van der Waals surface area (Å²) in [7, 11) is 0. The normalized spacial score (nSPS) is 14.1. The largest absolute Gasteiger partial charge is 0.295 e. The second-order valence-corrected chi connectivity index (χ2v) is 5.79. The number of aryl methyl sites for hydroxylation is 4. The van der Waals surface area contributed by atoms with Crippen LogP contribution in [0.25, 0.3) is 6.08 Å². The van der Waals surface area contributed by atoms with Crippen molar-refractivity contribution in [3.8, 4) is 0 Å². The highest BCUT2D eigenvalue weighted by molar-refractivity contribution is 5.91. The molecule has 4 aliphatic rings. The number of carbonyl (C=O) groups excluding carboxylic acids is 1. The monoisotopic (exact) mass is 276 g/mol. The lowest BCUT2D eigenvalue weighted by Crippen LogP contribution is -2.00. The van der Waals surface area contributed by atoms with E-state index in [-0.39, 0.29) is 5.78 Å². The number of ketones is 1. The molecule has 4 aliphatic carbocycles. The Hall–Kier alpha value is -2.15. The molecule has 0 atom stereocenters. The summed E-state index contributed by atoms with van der Waals surface area (Å²) in [5, 5.41) is 0. The van der Waals surface area contributed by atoms with Crippen LogP contribution in [0.15, 0.2) is 48.5 Å². The topological polar surface area (TPSA) is 17.1 Å². The highest BCUT2D eigenvalue weighted by Gasteiger charge is 2.06. The van der Waals surface area contributed by atoms with Crippen molar-refractivity contribution in [3.63, 3.8) is 0 Å². The lowest BCUT2D eigenvalue weighted by Gasteiger charge is -2.12. The summed E-state index contributed by atoms with van der Waals surface area (Å²) in [4.78, 5) is 11.2. The highest BCUT2D eigenvalue weighted by Crippen LogP contribution is 2.20. The minimum atomic E-state index is 0.0994. The Morgan fingerprint density at radius 1 is 0.857 bits per heavy atom. The Morgan fingerprint density at radius 2 is 1.43 bits per heavy atom. The highest BCUT2D eigenvalue weighted by atomic mass is 16.1. The van der Waals surface area contributed by atoms with E-state index in [9.17, 15) is 4.79 Å². The zero-order valence-electron chi connectivity index (χ0n) is 12.4. The summed E-state index contributed by atoms with van der Waals surface area (Å²) in [6.07, 6.45) is 7.80. The van der Waals surface area contributed by atoms with Gasteiger partial charge < -0.3 is 0 Å². The third-order valence-corrected chi connectivity index (χ3v) is 4.12. The van der Waals surface area contributed by atoms with Crippen LogP contribution in [0.4, 0.5) is 0 Å². The van der Waals surface area contributed by atoms with Crippen molar-refractivity contribution in [2.45, 2.75) is 32.6 Å². The molecule has 0 heterocycles. The smallest absolute Gasteiger partial charge is 0.152 e. The van der Waals surface area contributed by atoms with E-state index in [1.54, 1.807) is 13.0 Å². The van der Waals surface area contributed by atoms with Crippen LogP contribution < -0.4 is 0 Å². The molecule has 0 radical (unpaired) electrons. The van der Waals surface area contributed by atoms with Gasteiger partial charge in [0.2, 0.25) is 0 Å². The van der Waals surface area contributed by atoms with E-state index in [2.05, 4.69) is 42.5 Å². The molecule has 2 aromatic carbocycles. The van der Waals surface area contributed by atoms with Crippen molar-refractivity contribution in [2.75, 3.05) is 0 Å². The fourth-order valence-electron chi connectivity index (χ4n) is 2.83. The van der Waals surface area contributed by atoms with Crippen molar-refractivity contribution in [1.82, 2.24) is 0 Å². The van der Waals surface area contributed by atoms with Gasteiger partial charge in [-0.05, 0) is 66.5 Å². The number of allylic oxidation sites excluding steroid dienone is 1. The number of hydrogen-bond donors (Lipinski definition) is 0. The molecule has 0 spiro atoms. The molecule has 6 rings (SSSR count). The van der Waals surface area contributed by atoms with Crippen molar-refractivity contribution >= 4 is 11.9 Å². The molecule has 1 heteroatoms. The molecule has 0 fully saturated rings. The predicted molar refractivity (Wildman–Crippen MR) is 87.4 cm³/mol. The standard InChI is InChI=1S/C20H20O/c1-15(21)2-11-20-14-18-8-7-16-3-5-17(6-4-16)9-12-19(20)13-10-18/h2-6,10-11,13-14H,7-9,12H2,1H3/b11-2+. The minimum absolute atomic E-state index is 0.0994. The van der Waals surface area contributed by atoms with Crippen molar-refractivity contribution in [3.05, 3.63) is 76.4 Å². The molecule has 21 heavy (non-hydrogen) atoms. The average Bonchev–Trinajstić information content (AvgIpc) is 2.48. The summed E-state index contributed by atoms with van der Waals surface area (Å²) in [6, 6.07) is 15.7. The zero-order chi connectivity index (χ0) is 14.7. The summed E-state index contributed by atoms with van der Waals surface area (Å²) >= 11 is 0. The number of rotatable bonds is 2. The summed E-state index contributed by atoms with van der Waals surface area (Å²) in [5.74, 6) is 0.0994. The first kappa shape index (κ1) is 13.8. The maximum absolute atomic E-state index is 11.2. The zero-order valence-corrected chi connectivity index (χ0v) is 12.4. The average molecular weight is 276 g/mol. The van der Waals surface area contributed by atoms with Crippen molar-refractivity contribution in [2.24, 2.45) is 0 Å². The Morgan fingerprint density at radius 3 is 2.10 bits per heavy atom. The van der Waals surface area contributed by atoms with E-state index in [0.717, 1.165) is 25.7 Å². The Balaban J connectivity index is 1.97. The van der Waals surface area contributed by atoms with E-state index in [1.807, 2.05) is 6.08 Å². The fraction of sp³-hybridized carbons (Fsp3) is 0.250. The molecular weight excluding hydrogens is 256 g/mol. The molecule has 4 bridgehead atoms.